The zero-order valence-electron chi connectivity index (χ0n) is 8.98. The highest BCUT2D eigenvalue weighted by atomic mass is 35.5. The quantitative estimate of drug-likeness (QED) is 0.490. The minimum Gasteiger partial charge on any atom is -0.385 e. The Morgan fingerprint density at radius 1 is 1.41 bits per heavy atom. The summed E-state index contributed by atoms with van der Waals surface area (Å²) in [6, 6.07) is 1.28. The molecule has 1 N–H and O–H groups in total. The molecule has 0 radical (unpaired) electrons. The average Bonchev–Trinajstić information content (AvgIpc) is 2.14. The van der Waals surface area contributed by atoms with Crippen LogP contribution < -0.4 is 4.72 Å². The SMILES string of the molecule is COCCCS(=O)(=O)Nc1cc(Cl)nc(Cl)n1. The molecule has 0 saturated carbocycles. The second-order valence-electron chi connectivity index (χ2n) is 3.11. The Labute approximate surface area is 109 Å². The first kappa shape index (κ1) is 14.4. The summed E-state index contributed by atoms with van der Waals surface area (Å²) in [7, 11) is -1.97. The van der Waals surface area contributed by atoms with E-state index in [9.17, 15) is 8.42 Å². The monoisotopic (exact) mass is 299 g/mol. The summed E-state index contributed by atoms with van der Waals surface area (Å²) in [4.78, 5) is 7.30. The number of nitrogens with zero attached hydrogens (tertiary/aromatic N) is 2. The van der Waals surface area contributed by atoms with Gasteiger partial charge in [0, 0.05) is 19.8 Å². The zero-order chi connectivity index (χ0) is 12.9. The predicted octanol–water partition coefficient (Wildman–Crippen LogP) is 1.56. The first-order valence-corrected chi connectivity index (χ1v) is 7.03. The Hall–Kier alpha value is -0.630. The van der Waals surface area contributed by atoms with Crippen LogP contribution in [0.25, 0.3) is 0 Å². The molecule has 6 nitrogen and oxygen atoms in total. The van der Waals surface area contributed by atoms with Crippen LogP contribution in [0.4, 0.5) is 5.82 Å². The van der Waals surface area contributed by atoms with E-state index in [1.54, 1.807) is 0 Å². The average molecular weight is 300 g/mol. The standard InChI is InChI=1S/C8H11Cl2N3O3S/c1-16-3-2-4-17(14,15)13-7-5-6(9)11-8(10)12-7/h5H,2-4H2,1H3,(H,11,12,13). The van der Waals surface area contributed by atoms with Gasteiger partial charge in [0.05, 0.1) is 5.75 Å². The Bertz CT molecular complexity index is 461. The van der Waals surface area contributed by atoms with Gasteiger partial charge in [-0.2, -0.15) is 4.98 Å². The largest absolute Gasteiger partial charge is 0.385 e. The smallest absolute Gasteiger partial charge is 0.233 e. The highest BCUT2D eigenvalue weighted by molar-refractivity contribution is 7.92. The second-order valence-corrected chi connectivity index (χ2v) is 5.68. The fourth-order valence-corrected chi connectivity index (χ4v) is 2.48. The third kappa shape index (κ3) is 5.49. The lowest BCUT2D eigenvalue weighted by molar-refractivity contribution is 0.199. The van der Waals surface area contributed by atoms with Crippen LogP contribution in [0.15, 0.2) is 6.07 Å². The molecule has 17 heavy (non-hydrogen) atoms. The molecule has 1 aromatic heterocycles. The maximum Gasteiger partial charge on any atom is 0.233 e. The van der Waals surface area contributed by atoms with Gasteiger partial charge in [0.2, 0.25) is 15.3 Å². The molecule has 0 fully saturated rings. The van der Waals surface area contributed by atoms with E-state index in [4.69, 9.17) is 27.9 Å². The van der Waals surface area contributed by atoms with Gasteiger partial charge in [-0.15, -0.1) is 0 Å². The number of ether oxygens (including phenoxy) is 1. The van der Waals surface area contributed by atoms with Gasteiger partial charge in [-0.25, -0.2) is 13.4 Å². The van der Waals surface area contributed by atoms with Crippen LogP contribution in [-0.4, -0.2) is 37.9 Å². The van der Waals surface area contributed by atoms with Gasteiger partial charge in [0.1, 0.15) is 11.0 Å². The molecule has 0 atom stereocenters. The van der Waals surface area contributed by atoms with Crippen molar-refractivity contribution in [3.63, 3.8) is 0 Å². The zero-order valence-corrected chi connectivity index (χ0v) is 11.3. The molecule has 1 aromatic rings. The normalized spacial score (nSPS) is 11.5. The molecule has 0 unspecified atom stereocenters. The lowest BCUT2D eigenvalue weighted by Crippen LogP contribution is -2.18. The van der Waals surface area contributed by atoms with E-state index in [0.29, 0.717) is 13.0 Å². The Morgan fingerprint density at radius 3 is 2.71 bits per heavy atom. The van der Waals surface area contributed by atoms with Crippen molar-refractivity contribution in [1.29, 1.82) is 0 Å². The molecule has 0 bridgehead atoms. The minimum atomic E-state index is -3.48. The Balaban J connectivity index is 2.69. The number of anilines is 1. The van der Waals surface area contributed by atoms with Crippen molar-refractivity contribution >= 4 is 39.0 Å². The number of methoxy groups -OCH3 is 1. The van der Waals surface area contributed by atoms with Gasteiger partial charge in [0.15, 0.2) is 0 Å². The van der Waals surface area contributed by atoms with E-state index in [1.807, 2.05) is 0 Å². The van der Waals surface area contributed by atoms with E-state index in [0.717, 1.165) is 0 Å². The molecule has 0 aliphatic rings. The molecule has 0 aliphatic carbocycles. The number of sulfonamides is 1. The molecule has 96 valence electrons. The summed E-state index contributed by atoms with van der Waals surface area (Å²) in [6.45, 7) is 0.367. The van der Waals surface area contributed by atoms with Gasteiger partial charge < -0.3 is 4.74 Å². The summed E-state index contributed by atoms with van der Waals surface area (Å²) in [5, 5.41) is -0.0494. The molecule has 0 aromatic carbocycles. The van der Waals surface area contributed by atoms with Crippen LogP contribution in [-0.2, 0) is 14.8 Å². The van der Waals surface area contributed by atoms with Crippen molar-refractivity contribution in [3.05, 3.63) is 16.5 Å². The van der Waals surface area contributed by atoms with Crippen LogP contribution in [0.1, 0.15) is 6.42 Å². The maximum absolute atomic E-state index is 11.6. The van der Waals surface area contributed by atoms with E-state index >= 15 is 0 Å². The fraction of sp³-hybridized carbons (Fsp3) is 0.500. The molecule has 0 aliphatic heterocycles. The van der Waals surface area contributed by atoms with E-state index in [1.165, 1.54) is 13.2 Å². The molecule has 0 spiro atoms. The summed E-state index contributed by atoms with van der Waals surface area (Å²) in [5.74, 6) is -0.0208. The second kappa shape index (κ2) is 6.34. The first-order valence-electron chi connectivity index (χ1n) is 4.62. The molecule has 1 heterocycles. The summed E-state index contributed by atoms with van der Waals surface area (Å²) in [5.41, 5.74) is 0. The van der Waals surface area contributed by atoms with Crippen molar-refractivity contribution in [2.45, 2.75) is 6.42 Å². The molecular formula is C8H11Cl2N3O3S. The number of halogens is 2. The highest BCUT2D eigenvalue weighted by Gasteiger charge is 2.12. The molecular weight excluding hydrogens is 289 g/mol. The fourth-order valence-electron chi connectivity index (χ4n) is 1.05. The van der Waals surface area contributed by atoms with Crippen molar-refractivity contribution in [3.8, 4) is 0 Å². The van der Waals surface area contributed by atoms with E-state index < -0.39 is 10.0 Å². The number of rotatable bonds is 6. The lowest BCUT2D eigenvalue weighted by Gasteiger charge is -2.07. The van der Waals surface area contributed by atoms with Crippen molar-refractivity contribution < 1.29 is 13.2 Å². The molecule has 0 saturated heterocycles. The molecule has 0 amide bonds. The summed E-state index contributed by atoms with van der Waals surface area (Å²) < 4.78 is 30.2. The van der Waals surface area contributed by atoms with Crippen LogP contribution in [0, 0.1) is 0 Å². The third-order valence-corrected chi connectivity index (χ3v) is 3.40. The minimum absolute atomic E-state index is 0.0485. The first-order chi connectivity index (χ1) is 7.93. The van der Waals surface area contributed by atoms with Crippen molar-refractivity contribution in [2.75, 3.05) is 24.2 Å². The third-order valence-electron chi connectivity index (χ3n) is 1.69. The highest BCUT2D eigenvalue weighted by Crippen LogP contribution is 2.15. The Morgan fingerprint density at radius 2 is 2.12 bits per heavy atom. The van der Waals surface area contributed by atoms with Crippen molar-refractivity contribution in [2.24, 2.45) is 0 Å². The van der Waals surface area contributed by atoms with Crippen LogP contribution in [0.2, 0.25) is 10.4 Å². The maximum atomic E-state index is 11.6. The van der Waals surface area contributed by atoms with Gasteiger partial charge in [-0.1, -0.05) is 11.6 Å². The van der Waals surface area contributed by atoms with Crippen LogP contribution >= 0.6 is 23.2 Å². The van der Waals surface area contributed by atoms with Crippen molar-refractivity contribution in [1.82, 2.24) is 9.97 Å². The number of hydrogen-bond donors (Lipinski definition) is 1. The van der Waals surface area contributed by atoms with Crippen LogP contribution in [0.5, 0.6) is 0 Å². The summed E-state index contributed by atoms with van der Waals surface area (Å²) in [6.07, 6.45) is 0.387. The van der Waals surface area contributed by atoms with Gasteiger partial charge in [0.25, 0.3) is 0 Å². The van der Waals surface area contributed by atoms with E-state index in [-0.39, 0.29) is 22.0 Å². The Kier molecular flexibility index (Phi) is 5.38. The predicted molar refractivity (Wildman–Crippen MR) is 66.0 cm³/mol. The number of aromatic nitrogens is 2. The van der Waals surface area contributed by atoms with Gasteiger partial charge in [-0.3, -0.25) is 4.72 Å². The van der Waals surface area contributed by atoms with Gasteiger partial charge in [-0.05, 0) is 18.0 Å². The topological polar surface area (TPSA) is 81.2 Å². The van der Waals surface area contributed by atoms with E-state index in [2.05, 4.69) is 14.7 Å². The van der Waals surface area contributed by atoms with Gasteiger partial charge >= 0.3 is 0 Å². The summed E-state index contributed by atoms with van der Waals surface area (Å²) >= 11 is 11.2. The lowest BCUT2D eigenvalue weighted by atomic mass is 10.5. The molecule has 9 heteroatoms. The molecule has 1 rings (SSSR count). The van der Waals surface area contributed by atoms with Crippen LogP contribution in [0.3, 0.4) is 0 Å². The number of hydrogen-bond acceptors (Lipinski definition) is 5. The number of nitrogens with one attached hydrogen (secondary N) is 1.